The molecule has 0 amide bonds. The summed E-state index contributed by atoms with van der Waals surface area (Å²) in [5, 5.41) is 11.0. The highest BCUT2D eigenvalue weighted by Gasteiger charge is 2.28. The Morgan fingerprint density at radius 1 is 1.17 bits per heavy atom. The molecule has 35 heavy (non-hydrogen) atoms. The second-order valence-electron chi connectivity index (χ2n) is 9.15. The number of aliphatic hydroxyl groups excluding tert-OH is 1. The first-order valence-corrected chi connectivity index (χ1v) is 11.9. The number of rotatable bonds is 7. The fourth-order valence-electron chi connectivity index (χ4n) is 4.91. The highest BCUT2D eigenvalue weighted by Crippen LogP contribution is 2.32. The molecule has 3 aromatic rings. The molecule has 2 aromatic carbocycles. The number of aromatic nitrogens is 1. The molecule has 2 heterocycles. The van der Waals surface area contributed by atoms with E-state index in [2.05, 4.69) is 21.7 Å². The van der Waals surface area contributed by atoms with Crippen LogP contribution in [0.2, 0.25) is 0 Å². The van der Waals surface area contributed by atoms with Crippen molar-refractivity contribution in [1.82, 2.24) is 9.88 Å². The van der Waals surface area contributed by atoms with E-state index in [1.807, 2.05) is 24.3 Å². The summed E-state index contributed by atoms with van der Waals surface area (Å²) in [7, 11) is 1.64. The predicted octanol–water partition coefficient (Wildman–Crippen LogP) is 4.28. The minimum atomic E-state index is -0.632. The first-order chi connectivity index (χ1) is 17.0. The van der Waals surface area contributed by atoms with Gasteiger partial charge in [-0.3, -0.25) is 9.88 Å². The number of nitrogens with zero attached hydrogens (tertiary/aromatic N) is 2. The van der Waals surface area contributed by atoms with Crippen LogP contribution >= 0.6 is 0 Å². The van der Waals surface area contributed by atoms with Crippen molar-refractivity contribution < 1.29 is 18.6 Å². The van der Waals surface area contributed by atoms with Gasteiger partial charge in [-0.2, -0.15) is 0 Å². The van der Waals surface area contributed by atoms with Crippen LogP contribution in [0, 0.1) is 35.3 Å². The van der Waals surface area contributed by atoms with Gasteiger partial charge in [-0.15, -0.1) is 0 Å². The number of ether oxygens (including phenoxy) is 1. The fourth-order valence-corrected chi connectivity index (χ4v) is 4.91. The van der Waals surface area contributed by atoms with Crippen LogP contribution in [0.25, 0.3) is 10.9 Å². The summed E-state index contributed by atoms with van der Waals surface area (Å²) in [6, 6.07) is 10.9. The van der Waals surface area contributed by atoms with Crippen LogP contribution in [0.5, 0.6) is 5.75 Å². The second kappa shape index (κ2) is 11.6. The van der Waals surface area contributed by atoms with Crippen molar-refractivity contribution in [2.75, 3.05) is 33.4 Å². The number of likely N-dealkylation sites (tertiary alicyclic amines) is 1. The molecule has 0 bridgehead atoms. The monoisotopic (exact) mass is 479 g/mol. The molecule has 0 spiro atoms. The number of hydrogen-bond acceptors (Lipinski definition) is 5. The standard InChI is InChI=1S/C28H31F2N3O2/c1-35-24-5-7-28-26(16-24)25(8-10-32-28)27(31)6-4-20-9-12-33(17-21(20)18-34)11-2-3-19-13-22(29)15-23(30)14-19/h5,7-8,10,13-16,20-21,27,34H,4,6,9,11-12,17-18,31H2,1H3/t20-,21-,27?/m1/s1. The molecule has 3 atom stereocenters. The molecule has 1 fully saturated rings. The van der Waals surface area contributed by atoms with Gasteiger partial charge in [0.1, 0.15) is 17.4 Å². The van der Waals surface area contributed by atoms with Crippen LogP contribution in [0.4, 0.5) is 8.78 Å². The zero-order valence-corrected chi connectivity index (χ0v) is 19.9. The number of hydrogen-bond donors (Lipinski definition) is 2. The molecule has 5 nitrogen and oxygen atoms in total. The summed E-state index contributed by atoms with van der Waals surface area (Å²) in [4.78, 5) is 6.62. The first kappa shape index (κ1) is 25.1. The fraction of sp³-hybridized carbons (Fsp3) is 0.393. The lowest BCUT2D eigenvalue weighted by atomic mass is 9.81. The molecular formula is C28H31F2N3O2. The van der Waals surface area contributed by atoms with Crippen molar-refractivity contribution in [3.63, 3.8) is 0 Å². The van der Waals surface area contributed by atoms with Crippen molar-refractivity contribution in [2.24, 2.45) is 17.6 Å². The Labute approximate surface area is 204 Å². The molecule has 0 radical (unpaired) electrons. The summed E-state index contributed by atoms with van der Waals surface area (Å²) in [5.74, 6) is 5.86. The highest BCUT2D eigenvalue weighted by atomic mass is 19.1. The summed E-state index contributed by atoms with van der Waals surface area (Å²) in [6.07, 6.45) is 4.46. The van der Waals surface area contributed by atoms with E-state index < -0.39 is 11.6 Å². The predicted molar refractivity (Wildman–Crippen MR) is 133 cm³/mol. The third-order valence-electron chi connectivity index (χ3n) is 6.84. The second-order valence-corrected chi connectivity index (χ2v) is 9.15. The van der Waals surface area contributed by atoms with Crippen LogP contribution in [0.15, 0.2) is 48.7 Å². The maximum Gasteiger partial charge on any atom is 0.127 e. The van der Waals surface area contributed by atoms with Crippen LogP contribution in [-0.2, 0) is 0 Å². The summed E-state index contributed by atoms with van der Waals surface area (Å²) in [6.45, 7) is 2.19. The normalized spacial score (nSPS) is 19.2. The van der Waals surface area contributed by atoms with E-state index in [4.69, 9.17) is 10.5 Å². The molecule has 4 rings (SSSR count). The average molecular weight is 480 g/mol. The SMILES string of the molecule is COc1ccc2nccc(C(N)CC[C@@H]3CCN(CC#Cc4cc(F)cc(F)c4)C[C@@H]3CO)c2c1. The van der Waals surface area contributed by atoms with E-state index in [0.717, 1.165) is 60.6 Å². The molecule has 1 saturated heterocycles. The van der Waals surface area contributed by atoms with Gasteiger partial charge in [0, 0.05) is 42.4 Å². The zero-order valence-electron chi connectivity index (χ0n) is 19.9. The molecule has 0 aliphatic carbocycles. The minimum Gasteiger partial charge on any atom is -0.497 e. The number of methoxy groups -OCH3 is 1. The Morgan fingerprint density at radius 2 is 1.97 bits per heavy atom. The summed E-state index contributed by atoms with van der Waals surface area (Å²) in [5.41, 5.74) is 8.88. The number of piperidine rings is 1. The number of pyridine rings is 1. The number of aliphatic hydroxyl groups is 1. The Hall–Kier alpha value is -3.05. The van der Waals surface area contributed by atoms with E-state index >= 15 is 0 Å². The van der Waals surface area contributed by atoms with Gasteiger partial charge in [0.25, 0.3) is 0 Å². The van der Waals surface area contributed by atoms with Crippen molar-refractivity contribution in [1.29, 1.82) is 0 Å². The smallest absolute Gasteiger partial charge is 0.127 e. The van der Waals surface area contributed by atoms with Crippen LogP contribution in [0.1, 0.15) is 36.4 Å². The number of fused-ring (bicyclic) bond motifs is 1. The van der Waals surface area contributed by atoms with Crippen molar-refractivity contribution in [3.05, 3.63) is 71.4 Å². The zero-order chi connectivity index (χ0) is 24.8. The largest absolute Gasteiger partial charge is 0.497 e. The lowest BCUT2D eigenvalue weighted by Crippen LogP contribution is -2.42. The lowest BCUT2D eigenvalue weighted by Gasteiger charge is -2.37. The number of benzene rings is 2. The Morgan fingerprint density at radius 3 is 2.71 bits per heavy atom. The molecule has 7 heteroatoms. The minimum absolute atomic E-state index is 0.105. The van der Waals surface area contributed by atoms with Gasteiger partial charge in [-0.05, 0) is 79.6 Å². The van der Waals surface area contributed by atoms with E-state index in [9.17, 15) is 13.9 Å². The van der Waals surface area contributed by atoms with Gasteiger partial charge in [-0.25, -0.2) is 8.78 Å². The van der Waals surface area contributed by atoms with Crippen molar-refractivity contribution in [2.45, 2.75) is 25.3 Å². The summed E-state index contributed by atoms with van der Waals surface area (Å²) < 4.78 is 32.0. The maximum absolute atomic E-state index is 13.3. The average Bonchev–Trinajstić information content (AvgIpc) is 2.86. The quantitative estimate of drug-likeness (QED) is 0.495. The van der Waals surface area contributed by atoms with Crippen LogP contribution in [-0.4, -0.2) is 48.3 Å². The summed E-state index contributed by atoms with van der Waals surface area (Å²) >= 11 is 0. The van der Waals surface area contributed by atoms with Crippen LogP contribution < -0.4 is 10.5 Å². The van der Waals surface area contributed by atoms with Gasteiger partial charge >= 0.3 is 0 Å². The molecular weight excluding hydrogens is 448 g/mol. The van der Waals surface area contributed by atoms with Crippen molar-refractivity contribution >= 4 is 10.9 Å². The molecule has 3 N–H and O–H groups in total. The first-order valence-electron chi connectivity index (χ1n) is 11.9. The van der Waals surface area contributed by atoms with Gasteiger partial charge < -0.3 is 15.6 Å². The van der Waals surface area contributed by atoms with E-state index in [-0.39, 0.29) is 18.6 Å². The Kier molecular flexibility index (Phi) is 8.29. The highest BCUT2D eigenvalue weighted by molar-refractivity contribution is 5.83. The van der Waals surface area contributed by atoms with E-state index in [0.29, 0.717) is 18.0 Å². The third kappa shape index (κ3) is 6.34. The molecule has 1 aromatic heterocycles. The Bertz CT molecular complexity index is 1200. The Balaban J connectivity index is 1.34. The van der Waals surface area contributed by atoms with E-state index in [1.165, 1.54) is 12.1 Å². The van der Waals surface area contributed by atoms with Gasteiger partial charge in [0.15, 0.2) is 0 Å². The van der Waals surface area contributed by atoms with Crippen molar-refractivity contribution in [3.8, 4) is 17.6 Å². The molecule has 0 saturated carbocycles. The molecule has 1 aliphatic heterocycles. The van der Waals surface area contributed by atoms with Gasteiger partial charge in [-0.1, -0.05) is 11.8 Å². The van der Waals surface area contributed by atoms with Gasteiger partial charge in [0.2, 0.25) is 0 Å². The lowest BCUT2D eigenvalue weighted by molar-refractivity contribution is 0.0738. The van der Waals surface area contributed by atoms with Gasteiger partial charge in [0.05, 0.1) is 19.2 Å². The molecule has 1 unspecified atom stereocenters. The number of halogens is 2. The molecule has 184 valence electrons. The van der Waals surface area contributed by atoms with Crippen LogP contribution in [0.3, 0.4) is 0 Å². The topological polar surface area (TPSA) is 71.6 Å². The third-order valence-corrected chi connectivity index (χ3v) is 6.84. The molecule has 1 aliphatic rings. The maximum atomic E-state index is 13.3. The number of nitrogens with two attached hydrogens (primary N) is 1. The van der Waals surface area contributed by atoms with E-state index in [1.54, 1.807) is 13.3 Å².